The van der Waals surface area contributed by atoms with Crippen LogP contribution in [0.15, 0.2) is 6.07 Å². The summed E-state index contributed by atoms with van der Waals surface area (Å²) in [7, 11) is 0. The molecule has 0 bridgehead atoms. The summed E-state index contributed by atoms with van der Waals surface area (Å²) in [6, 6.07) is 2.08. The third kappa shape index (κ3) is 4.66. The molecule has 0 spiro atoms. The van der Waals surface area contributed by atoms with Crippen LogP contribution in [0.2, 0.25) is 0 Å². The van der Waals surface area contributed by atoms with E-state index >= 15 is 0 Å². The Kier molecular flexibility index (Phi) is 7.34. The first-order valence-electron chi connectivity index (χ1n) is 8.05. The quantitative estimate of drug-likeness (QED) is 0.747. The number of hydrogen-bond donors (Lipinski definition) is 1. The van der Waals surface area contributed by atoms with Crippen molar-refractivity contribution in [3.05, 3.63) is 11.9 Å². The molecule has 4 nitrogen and oxygen atoms in total. The molecule has 0 unspecified atom stereocenters. The fourth-order valence-corrected chi connectivity index (χ4v) is 2.32. The van der Waals surface area contributed by atoms with Gasteiger partial charge in [0.15, 0.2) is 0 Å². The van der Waals surface area contributed by atoms with Crippen LogP contribution in [0.4, 0.5) is 11.6 Å². The summed E-state index contributed by atoms with van der Waals surface area (Å²) in [4.78, 5) is 11.6. The lowest BCUT2D eigenvalue weighted by molar-refractivity contribution is 0.484. The summed E-state index contributed by atoms with van der Waals surface area (Å²) in [6.07, 6.45) is 3.31. The Morgan fingerprint density at radius 3 is 2.30 bits per heavy atom. The van der Waals surface area contributed by atoms with E-state index in [9.17, 15) is 0 Å². The van der Waals surface area contributed by atoms with Crippen molar-refractivity contribution in [2.24, 2.45) is 5.92 Å². The zero-order valence-electron chi connectivity index (χ0n) is 13.7. The molecule has 0 saturated carbocycles. The van der Waals surface area contributed by atoms with E-state index in [0.29, 0.717) is 0 Å². The highest BCUT2D eigenvalue weighted by Gasteiger charge is 2.13. The maximum Gasteiger partial charge on any atom is 0.134 e. The second-order valence-electron chi connectivity index (χ2n) is 5.13. The molecule has 1 aromatic heterocycles. The molecule has 0 saturated heterocycles. The van der Waals surface area contributed by atoms with Crippen LogP contribution in [-0.4, -0.2) is 29.6 Å². The van der Waals surface area contributed by atoms with E-state index in [-0.39, 0.29) is 0 Å². The van der Waals surface area contributed by atoms with E-state index in [1.54, 1.807) is 0 Å². The van der Waals surface area contributed by atoms with Crippen LogP contribution in [0.25, 0.3) is 0 Å². The van der Waals surface area contributed by atoms with Crippen molar-refractivity contribution in [3.8, 4) is 0 Å². The van der Waals surface area contributed by atoms with Gasteiger partial charge in [-0.1, -0.05) is 33.6 Å². The largest absolute Gasteiger partial charge is 0.370 e. The Hall–Kier alpha value is -1.32. The van der Waals surface area contributed by atoms with Gasteiger partial charge in [-0.3, -0.25) is 0 Å². The van der Waals surface area contributed by atoms with Gasteiger partial charge in [0.1, 0.15) is 17.5 Å². The number of nitrogens with one attached hydrogen (secondary N) is 1. The zero-order valence-corrected chi connectivity index (χ0v) is 13.7. The molecule has 1 rings (SSSR count). The molecule has 20 heavy (non-hydrogen) atoms. The minimum atomic E-state index is 0.734. The Bertz CT molecular complexity index is 388. The molecular weight excluding hydrogens is 248 g/mol. The van der Waals surface area contributed by atoms with Gasteiger partial charge in [-0.15, -0.1) is 0 Å². The average molecular weight is 278 g/mol. The first-order chi connectivity index (χ1) is 9.68. The van der Waals surface area contributed by atoms with Gasteiger partial charge in [0.25, 0.3) is 0 Å². The lowest BCUT2D eigenvalue weighted by Crippen LogP contribution is -2.30. The Balaban J connectivity index is 2.97. The minimum Gasteiger partial charge on any atom is -0.370 e. The number of anilines is 2. The van der Waals surface area contributed by atoms with Gasteiger partial charge in [-0.25, -0.2) is 9.97 Å². The fourth-order valence-electron chi connectivity index (χ4n) is 2.32. The summed E-state index contributed by atoms with van der Waals surface area (Å²) < 4.78 is 0. The van der Waals surface area contributed by atoms with E-state index in [1.807, 2.05) is 0 Å². The average Bonchev–Trinajstić information content (AvgIpc) is 2.48. The topological polar surface area (TPSA) is 41.0 Å². The smallest absolute Gasteiger partial charge is 0.134 e. The van der Waals surface area contributed by atoms with Crippen LogP contribution in [0, 0.1) is 5.92 Å². The second-order valence-corrected chi connectivity index (χ2v) is 5.13. The van der Waals surface area contributed by atoms with Crippen LogP contribution < -0.4 is 10.2 Å². The van der Waals surface area contributed by atoms with E-state index in [0.717, 1.165) is 49.4 Å². The lowest BCUT2D eigenvalue weighted by Gasteiger charge is -2.27. The Labute approximate surface area is 124 Å². The summed E-state index contributed by atoms with van der Waals surface area (Å²) in [5.41, 5.74) is 0. The normalized spacial score (nSPS) is 10.9. The van der Waals surface area contributed by atoms with Crippen LogP contribution in [0.1, 0.15) is 53.3 Å². The van der Waals surface area contributed by atoms with Crippen molar-refractivity contribution in [1.29, 1.82) is 0 Å². The van der Waals surface area contributed by atoms with Gasteiger partial charge in [-0.2, -0.15) is 0 Å². The standard InChI is InChI=1S/C16H30N4/c1-6-13(7-2)12-20(10-5)16-11-15(17-9-4)18-14(8-3)19-16/h11,13H,6-10,12H2,1-5H3,(H,17,18,19). The maximum absolute atomic E-state index is 4.70. The molecule has 1 N–H and O–H groups in total. The third-order valence-electron chi connectivity index (χ3n) is 3.77. The van der Waals surface area contributed by atoms with Gasteiger partial charge in [0.2, 0.25) is 0 Å². The number of nitrogens with zero attached hydrogens (tertiary/aromatic N) is 3. The molecule has 0 radical (unpaired) electrons. The molecule has 1 heterocycles. The van der Waals surface area contributed by atoms with Crippen LogP contribution in [0.5, 0.6) is 0 Å². The van der Waals surface area contributed by atoms with Gasteiger partial charge in [0.05, 0.1) is 0 Å². The number of aryl methyl sites for hydroxylation is 1. The van der Waals surface area contributed by atoms with Crippen molar-refractivity contribution in [2.75, 3.05) is 29.9 Å². The van der Waals surface area contributed by atoms with Crippen molar-refractivity contribution in [1.82, 2.24) is 9.97 Å². The van der Waals surface area contributed by atoms with Crippen molar-refractivity contribution in [2.45, 2.75) is 53.9 Å². The first kappa shape index (κ1) is 16.7. The highest BCUT2D eigenvalue weighted by atomic mass is 15.2. The molecule has 0 fully saturated rings. The van der Waals surface area contributed by atoms with Crippen molar-refractivity contribution in [3.63, 3.8) is 0 Å². The molecule has 0 aliphatic carbocycles. The molecule has 0 aromatic carbocycles. The number of aromatic nitrogens is 2. The van der Waals surface area contributed by atoms with E-state index in [4.69, 9.17) is 4.98 Å². The molecule has 0 aliphatic rings. The number of hydrogen-bond acceptors (Lipinski definition) is 4. The summed E-state index contributed by atoms with van der Waals surface area (Å²) in [6.45, 7) is 13.9. The Morgan fingerprint density at radius 1 is 1.10 bits per heavy atom. The van der Waals surface area contributed by atoms with Gasteiger partial charge in [0, 0.05) is 32.1 Å². The SMILES string of the molecule is CCNc1cc(N(CC)CC(CC)CC)nc(CC)n1. The van der Waals surface area contributed by atoms with Crippen LogP contribution >= 0.6 is 0 Å². The summed E-state index contributed by atoms with van der Waals surface area (Å²) in [5, 5.41) is 3.31. The second kappa shape index (κ2) is 8.77. The van der Waals surface area contributed by atoms with Crippen LogP contribution in [0.3, 0.4) is 0 Å². The van der Waals surface area contributed by atoms with Gasteiger partial charge in [-0.05, 0) is 19.8 Å². The maximum atomic E-state index is 4.70. The summed E-state index contributed by atoms with van der Waals surface area (Å²) in [5.74, 6) is 3.65. The molecule has 0 amide bonds. The van der Waals surface area contributed by atoms with Gasteiger partial charge < -0.3 is 10.2 Å². The highest BCUT2D eigenvalue weighted by molar-refractivity contribution is 5.49. The lowest BCUT2D eigenvalue weighted by atomic mass is 10.0. The fraction of sp³-hybridized carbons (Fsp3) is 0.750. The Morgan fingerprint density at radius 2 is 1.80 bits per heavy atom. The number of rotatable bonds is 9. The predicted octanol–water partition coefficient (Wildman–Crippen LogP) is 3.73. The predicted molar refractivity (Wildman–Crippen MR) is 87.5 cm³/mol. The van der Waals surface area contributed by atoms with Crippen molar-refractivity contribution >= 4 is 11.6 Å². The highest BCUT2D eigenvalue weighted by Crippen LogP contribution is 2.19. The van der Waals surface area contributed by atoms with Gasteiger partial charge >= 0.3 is 0 Å². The molecule has 0 aliphatic heterocycles. The monoisotopic (exact) mass is 278 g/mol. The molecule has 4 heteroatoms. The van der Waals surface area contributed by atoms with E-state index in [2.05, 4.69) is 55.9 Å². The molecular formula is C16H30N4. The minimum absolute atomic E-state index is 0.734. The summed E-state index contributed by atoms with van der Waals surface area (Å²) >= 11 is 0. The first-order valence-corrected chi connectivity index (χ1v) is 8.05. The molecule has 114 valence electrons. The molecule has 0 atom stereocenters. The van der Waals surface area contributed by atoms with E-state index < -0.39 is 0 Å². The van der Waals surface area contributed by atoms with E-state index in [1.165, 1.54) is 12.8 Å². The third-order valence-corrected chi connectivity index (χ3v) is 3.77. The van der Waals surface area contributed by atoms with Crippen molar-refractivity contribution < 1.29 is 0 Å². The zero-order chi connectivity index (χ0) is 15.0. The molecule has 1 aromatic rings. The van der Waals surface area contributed by atoms with Crippen LogP contribution in [-0.2, 0) is 6.42 Å².